The van der Waals surface area contributed by atoms with E-state index >= 15 is 0 Å². The molecule has 0 spiro atoms. The maximum atomic E-state index is 12.8. The highest BCUT2D eigenvalue weighted by Gasteiger charge is 2.19. The van der Waals surface area contributed by atoms with Crippen LogP contribution in [0.5, 0.6) is 0 Å². The summed E-state index contributed by atoms with van der Waals surface area (Å²) in [6.45, 7) is 1.04. The standard InChI is InChI=1S/C10H10F2N2O2S/c1-7(5-13)17(15,16)14-6-8-2-3-9(11)10(12)4-8/h2-4,7,14H,6H2,1H3. The molecule has 1 atom stereocenters. The van der Waals surface area contributed by atoms with E-state index in [4.69, 9.17) is 5.26 Å². The normalized spacial score (nSPS) is 13.1. The number of hydrogen-bond donors (Lipinski definition) is 1. The van der Waals surface area contributed by atoms with Crippen molar-refractivity contribution in [3.8, 4) is 6.07 Å². The van der Waals surface area contributed by atoms with Gasteiger partial charge in [0.2, 0.25) is 10.0 Å². The Kier molecular flexibility index (Phi) is 4.15. The average molecular weight is 260 g/mol. The van der Waals surface area contributed by atoms with E-state index in [1.165, 1.54) is 13.0 Å². The fraction of sp³-hybridized carbons (Fsp3) is 0.300. The Labute approximate surface area is 97.9 Å². The maximum Gasteiger partial charge on any atom is 0.227 e. The molecule has 4 nitrogen and oxygen atoms in total. The van der Waals surface area contributed by atoms with Crippen LogP contribution in [0.1, 0.15) is 12.5 Å². The first-order valence-corrected chi connectivity index (χ1v) is 6.23. The number of sulfonamides is 1. The summed E-state index contributed by atoms with van der Waals surface area (Å²) in [5.41, 5.74) is 0.276. The van der Waals surface area contributed by atoms with E-state index in [-0.39, 0.29) is 12.1 Å². The topological polar surface area (TPSA) is 70.0 Å². The summed E-state index contributed by atoms with van der Waals surface area (Å²) in [5.74, 6) is -2.04. The fourth-order valence-corrected chi connectivity index (χ4v) is 1.78. The zero-order valence-corrected chi connectivity index (χ0v) is 9.76. The van der Waals surface area contributed by atoms with Crippen molar-refractivity contribution in [2.75, 3.05) is 0 Å². The minimum atomic E-state index is -3.76. The largest absolute Gasteiger partial charge is 0.227 e. The first kappa shape index (κ1) is 13.5. The molecule has 92 valence electrons. The molecule has 1 rings (SSSR count). The molecule has 1 unspecified atom stereocenters. The predicted octanol–water partition coefficient (Wildman–Crippen LogP) is 1.30. The number of hydrogen-bond acceptors (Lipinski definition) is 3. The van der Waals surface area contributed by atoms with Crippen molar-refractivity contribution in [3.05, 3.63) is 35.4 Å². The number of halogens is 2. The number of nitrogens with zero attached hydrogens (tertiary/aromatic N) is 1. The molecule has 0 fully saturated rings. The Hall–Kier alpha value is -1.52. The average Bonchev–Trinajstić information content (AvgIpc) is 2.29. The van der Waals surface area contributed by atoms with Crippen molar-refractivity contribution in [1.29, 1.82) is 5.26 Å². The lowest BCUT2D eigenvalue weighted by atomic mass is 10.2. The quantitative estimate of drug-likeness (QED) is 0.887. The maximum absolute atomic E-state index is 12.8. The zero-order chi connectivity index (χ0) is 13.1. The second kappa shape index (κ2) is 5.21. The van der Waals surface area contributed by atoms with Gasteiger partial charge in [-0.1, -0.05) is 6.07 Å². The lowest BCUT2D eigenvalue weighted by Crippen LogP contribution is -2.31. The number of benzene rings is 1. The molecule has 0 aromatic heterocycles. The summed E-state index contributed by atoms with van der Waals surface area (Å²) in [6.07, 6.45) is 0. The van der Waals surface area contributed by atoms with Gasteiger partial charge in [-0.2, -0.15) is 5.26 Å². The highest BCUT2D eigenvalue weighted by Crippen LogP contribution is 2.09. The van der Waals surface area contributed by atoms with Gasteiger partial charge in [-0.15, -0.1) is 0 Å². The number of rotatable bonds is 4. The molecule has 1 N–H and O–H groups in total. The van der Waals surface area contributed by atoms with E-state index in [0.717, 1.165) is 12.1 Å². The van der Waals surface area contributed by atoms with E-state index in [0.29, 0.717) is 0 Å². The second-order valence-corrected chi connectivity index (χ2v) is 5.47. The van der Waals surface area contributed by atoms with E-state index in [2.05, 4.69) is 4.72 Å². The third-order valence-corrected chi connectivity index (χ3v) is 3.69. The summed E-state index contributed by atoms with van der Waals surface area (Å²) in [5, 5.41) is 7.27. The first-order valence-electron chi connectivity index (χ1n) is 4.69. The Morgan fingerprint density at radius 2 is 2.06 bits per heavy atom. The summed E-state index contributed by atoms with van der Waals surface area (Å²) in [7, 11) is -3.76. The molecular weight excluding hydrogens is 250 g/mol. The SMILES string of the molecule is CC(C#N)S(=O)(=O)NCc1ccc(F)c(F)c1. The third-order valence-electron chi connectivity index (χ3n) is 2.11. The van der Waals surface area contributed by atoms with Crippen LogP contribution in [0.3, 0.4) is 0 Å². The van der Waals surface area contributed by atoms with Gasteiger partial charge in [0.25, 0.3) is 0 Å². The van der Waals surface area contributed by atoms with Crippen LogP contribution in [0.4, 0.5) is 8.78 Å². The smallest absolute Gasteiger partial charge is 0.211 e. The van der Waals surface area contributed by atoms with Crippen LogP contribution in [0.25, 0.3) is 0 Å². The van der Waals surface area contributed by atoms with Crippen LogP contribution in [0, 0.1) is 23.0 Å². The molecule has 0 bridgehead atoms. The van der Waals surface area contributed by atoms with Gasteiger partial charge in [-0.25, -0.2) is 21.9 Å². The van der Waals surface area contributed by atoms with Gasteiger partial charge in [0.05, 0.1) is 6.07 Å². The van der Waals surface area contributed by atoms with Gasteiger partial charge in [-0.05, 0) is 24.6 Å². The predicted molar refractivity (Wildman–Crippen MR) is 57.2 cm³/mol. The molecule has 0 aliphatic carbocycles. The van der Waals surface area contributed by atoms with Crippen molar-refractivity contribution in [2.24, 2.45) is 0 Å². The molecule has 1 aromatic carbocycles. The monoisotopic (exact) mass is 260 g/mol. The Bertz CT molecular complexity index is 552. The Balaban J connectivity index is 2.75. The number of nitriles is 1. The summed E-state index contributed by atoms with van der Waals surface area (Å²) >= 11 is 0. The van der Waals surface area contributed by atoms with Crippen LogP contribution < -0.4 is 4.72 Å². The van der Waals surface area contributed by atoms with Gasteiger partial charge in [0.1, 0.15) is 0 Å². The summed E-state index contributed by atoms with van der Waals surface area (Å²) in [6, 6.07) is 4.65. The molecule has 0 saturated heterocycles. The molecule has 0 saturated carbocycles. The van der Waals surface area contributed by atoms with Crippen LogP contribution in [0.2, 0.25) is 0 Å². The van der Waals surface area contributed by atoms with Crippen molar-refractivity contribution < 1.29 is 17.2 Å². The Morgan fingerprint density at radius 3 is 2.59 bits per heavy atom. The first-order chi connectivity index (χ1) is 7.86. The molecule has 7 heteroatoms. The highest BCUT2D eigenvalue weighted by atomic mass is 32.2. The summed E-state index contributed by atoms with van der Waals surface area (Å²) < 4.78 is 50.3. The molecule has 17 heavy (non-hydrogen) atoms. The van der Waals surface area contributed by atoms with Crippen LogP contribution in [-0.4, -0.2) is 13.7 Å². The van der Waals surface area contributed by atoms with E-state index in [9.17, 15) is 17.2 Å². The van der Waals surface area contributed by atoms with Crippen LogP contribution >= 0.6 is 0 Å². The lowest BCUT2D eigenvalue weighted by Gasteiger charge is -2.08. The van der Waals surface area contributed by atoms with E-state index < -0.39 is 26.9 Å². The van der Waals surface area contributed by atoms with E-state index in [1.54, 1.807) is 6.07 Å². The highest BCUT2D eigenvalue weighted by molar-refractivity contribution is 7.90. The third kappa shape index (κ3) is 3.47. The zero-order valence-electron chi connectivity index (χ0n) is 8.94. The molecule has 1 aromatic rings. The van der Waals surface area contributed by atoms with Gasteiger partial charge in [-0.3, -0.25) is 0 Å². The van der Waals surface area contributed by atoms with Crippen molar-refractivity contribution in [3.63, 3.8) is 0 Å². The molecule has 0 amide bonds. The van der Waals surface area contributed by atoms with Crippen molar-refractivity contribution in [1.82, 2.24) is 4.72 Å². The minimum absolute atomic E-state index is 0.189. The fourth-order valence-electron chi connectivity index (χ4n) is 1.03. The van der Waals surface area contributed by atoms with Crippen molar-refractivity contribution in [2.45, 2.75) is 18.7 Å². The molecule has 0 heterocycles. The molecular formula is C10H10F2N2O2S. The van der Waals surface area contributed by atoms with Crippen LogP contribution in [-0.2, 0) is 16.6 Å². The summed E-state index contributed by atoms with van der Waals surface area (Å²) in [4.78, 5) is 0. The second-order valence-electron chi connectivity index (χ2n) is 3.39. The number of nitrogens with one attached hydrogen (secondary N) is 1. The van der Waals surface area contributed by atoms with E-state index in [1.807, 2.05) is 0 Å². The molecule has 0 radical (unpaired) electrons. The molecule has 0 aliphatic rings. The van der Waals surface area contributed by atoms with Gasteiger partial charge in [0, 0.05) is 6.54 Å². The van der Waals surface area contributed by atoms with Gasteiger partial charge < -0.3 is 0 Å². The minimum Gasteiger partial charge on any atom is -0.211 e. The van der Waals surface area contributed by atoms with Gasteiger partial charge in [0.15, 0.2) is 16.9 Å². The molecule has 0 aliphatic heterocycles. The van der Waals surface area contributed by atoms with Crippen molar-refractivity contribution >= 4 is 10.0 Å². The lowest BCUT2D eigenvalue weighted by molar-refractivity contribution is 0.506. The van der Waals surface area contributed by atoms with Gasteiger partial charge >= 0.3 is 0 Å². The van der Waals surface area contributed by atoms with Crippen LogP contribution in [0.15, 0.2) is 18.2 Å². The Morgan fingerprint density at radius 1 is 1.41 bits per heavy atom.